The van der Waals surface area contributed by atoms with Crippen molar-refractivity contribution in [1.82, 2.24) is 14.3 Å². The molecular weight excluding hydrogens is 360 g/mol. The molecular formula is C15H8F4N4OS. The zero-order chi connectivity index (χ0) is 18.0. The normalized spacial score (nSPS) is 11.4. The Morgan fingerprint density at radius 1 is 1.16 bits per heavy atom. The second-order valence-electron chi connectivity index (χ2n) is 4.82. The summed E-state index contributed by atoms with van der Waals surface area (Å²) in [5, 5.41) is 2.46. The molecule has 25 heavy (non-hydrogen) atoms. The van der Waals surface area contributed by atoms with Gasteiger partial charge in [-0.1, -0.05) is 6.07 Å². The van der Waals surface area contributed by atoms with Gasteiger partial charge in [0.25, 0.3) is 5.91 Å². The van der Waals surface area contributed by atoms with E-state index in [4.69, 9.17) is 0 Å². The topological polar surface area (TPSA) is 67.8 Å². The highest BCUT2D eigenvalue weighted by molar-refractivity contribution is 7.10. The van der Waals surface area contributed by atoms with Gasteiger partial charge in [0.1, 0.15) is 11.5 Å². The summed E-state index contributed by atoms with van der Waals surface area (Å²) >= 11 is 0.832. The van der Waals surface area contributed by atoms with Crippen molar-refractivity contribution in [3.05, 3.63) is 59.5 Å². The number of alkyl halides is 3. The first-order valence-electron chi connectivity index (χ1n) is 6.77. The third kappa shape index (κ3) is 3.97. The Labute approximate surface area is 142 Å². The first kappa shape index (κ1) is 17.0. The predicted octanol–water partition coefficient (Wildman–Crippen LogP) is 4.01. The number of anilines is 1. The highest BCUT2D eigenvalue weighted by Crippen LogP contribution is 2.29. The molecule has 3 rings (SSSR count). The van der Waals surface area contributed by atoms with Gasteiger partial charge in [-0.15, -0.1) is 0 Å². The van der Waals surface area contributed by atoms with Gasteiger partial charge in [-0.25, -0.2) is 9.37 Å². The number of benzene rings is 1. The van der Waals surface area contributed by atoms with E-state index in [1.54, 1.807) is 0 Å². The van der Waals surface area contributed by atoms with Crippen molar-refractivity contribution in [3.63, 3.8) is 0 Å². The van der Waals surface area contributed by atoms with E-state index in [-0.39, 0.29) is 16.5 Å². The van der Waals surface area contributed by atoms with E-state index in [0.29, 0.717) is 5.69 Å². The summed E-state index contributed by atoms with van der Waals surface area (Å²) < 4.78 is 54.9. The molecule has 0 aliphatic carbocycles. The summed E-state index contributed by atoms with van der Waals surface area (Å²) in [4.78, 5) is 19.9. The van der Waals surface area contributed by atoms with Gasteiger partial charge in [0.05, 0.1) is 11.8 Å². The van der Waals surface area contributed by atoms with E-state index in [1.165, 1.54) is 18.2 Å². The molecule has 0 aliphatic heterocycles. The van der Waals surface area contributed by atoms with Crippen LogP contribution in [-0.4, -0.2) is 20.2 Å². The van der Waals surface area contributed by atoms with Gasteiger partial charge >= 0.3 is 6.18 Å². The fourth-order valence-corrected chi connectivity index (χ4v) is 2.47. The minimum Gasteiger partial charge on any atom is -0.297 e. The van der Waals surface area contributed by atoms with E-state index in [1.807, 2.05) is 0 Å². The minimum atomic E-state index is -4.54. The number of hydrogen-bond acceptors (Lipinski definition) is 5. The van der Waals surface area contributed by atoms with Crippen molar-refractivity contribution in [2.24, 2.45) is 0 Å². The zero-order valence-electron chi connectivity index (χ0n) is 12.2. The molecule has 0 fully saturated rings. The highest BCUT2D eigenvalue weighted by Gasteiger charge is 2.31. The monoisotopic (exact) mass is 368 g/mol. The van der Waals surface area contributed by atoms with Gasteiger partial charge < -0.3 is 0 Å². The molecule has 0 spiro atoms. The van der Waals surface area contributed by atoms with Crippen LogP contribution in [0.1, 0.15) is 15.9 Å². The molecule has 0 saturated carbocycles. The van der Waals surface area contributed by atoms with Crippen LogP contribution < -0.4 is 5.32 Å². The minimum absolute atomic E-state index is 0.0866. The third-order valence-corrected chi connectivity index (χ3v) is 3.69. The van der Waals surface area contributed by atoms with Crippen LogP contribution in [0.5, 0.6) is 0 Å². The quantitative estimate of drug-likeness (QED) is 0.710. The molecule has 2 aromatic heterocycles. The van der Waals surface area contributed by atoms with Crippen LogP contribution >= 0.6 is 11.5 Å². The van der Waals surface area contributed by atoms with Crippen molar-refractivity contribution in [3.8, 4) is 11.5 Å². The summed E-state index contributed by atoms with van der Waals surface area (Å²) in [6, 6.07) is 6.58. The second kappa shape index (κ2) is 6.55. The number of hydrogen-bond donors (Lipinski definition) is 1. The SMILES string of the molecule is O=C(Nc1nc(-c2ccc(F)cn2)ns1)c1cccc(C(F)(F)F)c1. The molecule has 0 saturated heterocycles. The van der Waals surface area contributed by atoms with Crippen LogP contribution in [0.2, 0.25) is 0 Å². The molecule has 2 heterocycles. The number of aromatic nitrogens is 3. The van der Waals surface area contributed by atoms with Crippen LogP contribution in [0.25, 0.3) is 11.5 Å². The van der Waals surface area contributed by atoms with E-state index < -0.39 is 23.5 Å². The molecule has 1 N–H and O–H groups in total. The molecule has 3 aromatic rings. The Morgan fingerprint density at radius 2 is 1.96 bits per heavy atom. The zero-order valence-corrected chi connectivity index (χ0v) is 13.0. The van der Waals surface area contributed by atoms with Gasteiger partial charge in [-0.3, -0.25) is 10.1 Å². The molecule has 128 valence electrons. The molecule has 1 amide bonds. The van der Waals surface area contributed by atoms with E-state index >= 15 is 0 Å². The maximum Gasteiger partial charge on any atom is 0.416 e. The summed E-state index contributed by atoms with van der Waals surface area (Å²) in [7, 11) is 0. The second-order valence-corrected chi connectivity index (χ2v) is 5.57. The fraction of sp³-hybridized carbons (Fsp3) is 0.0667. The van der Waals surface area contributed by atoms with Gasteiger partial charge in [-0.2, -0.15) is 22.5 Å². The molecule has 0 atom stereocenters. The maximum atomic E-state index is 12.8. The number of carbonyl (C=O) groups excluding carboxylic acids is 1. The average molecular weight is 368 g/mol. The van der Waals surface area contributed by atoms with Crippen LogP contribution in [0, 0.1) is 5.82 Å². The summed E-state index contributed by atoms with van der Waals surface area (Å²) in [6.45, 7) is 0. The molecule has 5 nitrogen and oxygen atoms in total. The first-order valence-corrected chi connectivity index (χ1v) is 7.54. The van der Waals surface area contributed by atoms with Crippen LogP contribution in [-0.2, 0) is 6.18 Å². The molecule has 0 radical (unpaired) electrons. The summed E-state index contributed by atoms with van der Waals surface area (Å²) in [5.41, 5.74) is -0.780. The molecule has 0 bridgehead atoms. The predicted molar refractivity (Wildman–Crippen MR) is 82.5 cm³/mol. The lowest BCUT2D eigenvalue weighted by Crippen LogP contribution is -2.13. The Morgan fingerprint density at radius 3 is 2.64 bits per heavy atom. The van der Waals surface area contributed by atoms with Crippen LogP contribution in [0.15, 0.2) is 42.6 Å². The number of rotatable bonds is 3. The van der Waals surface area contributed by atoms with Crippen molar-refractivity contribution in [1.29, 1.82) is 0 Å². The Balaban J connectivity index is 1.77. The number of nitrogens with zero attached hydrogens (tertiary/aromatic N) is 3. The Hall–Kier alpha value is -2.88. The molecule has 0 aliphatic rings. The number of carbonyl (C=O) groups is 1. The maximum absolute atomic E-state index is 12.8. The summed E-state index contributed by atoms with van der Waals surface area (Å²) in [5.74, 6) is -1.10. The fourth-order valence-electron chi connectivity index (χ4n) is 1.89. The van der Waals surface area contributed by atoms with Crippen molar-refractivity contribution in [2.45, 2.75) is 6.18 Å². The van der Waals surface area contributed by atoms with Gasteiger partial charge in [-0.05, 0) is 30.3 Å². The molecule has 1 aromatic carbocycles. The Kier molecular flexibility index (Phi) is 4.45. The molecule has 10 heteroatoms. The largest absolute Gasteiger partial charge is 0.416 e. The number of nitrogens with one attached hydrogen (secondary N) is 1. The van der Waals surface area contributed by atoms with Gasteiger partial charge in [0.2, 0.25) is 5.13 Å². The van der Waals surface area contributed by atoms with E-state index in [0.717, 1.165) is 35.9 Å². The smallest absolute Gasteiger partial charge is 0.297 e. The highest BCUT2D eigenvalue weighted by atomic mass is 32.1. The standard InChI is InChI=1S/C15H8F4N4OS/c16-10-4-5-11(20-7-10)12-21-14(25-23-12)22-13(24)8-2-1-3-9(6-8)15(17,18)19/h1-7H,(H,21,22,23,24). The van der Waals surface area contributed by atoms with Gasteiger partial charge in [0.15, 0.2) is 5.82 Å². The van der Waals surface area contributed by atoms with Gasteiger partial charge in [0, 0.05) is 17.1 Å². The lowest BCUT2D eigenvalue weighted by atomic mass is 10.1. The summed E-state index contributed by atoms with van der Waals surface area (Å²) in [6.07, 6.45) is -3.54. The number of amides is 1. The van der Waals surface area contributed by atoms with Crippen molar-refractivity contribution >= 4 is 22.6 Å². The lowest BCUT2D eigenvalue weighted by molar-refractivity contribution is -0.137. The van der Waals surface area contributed by atoms with Crippen molar-refractivity contribution in [2.75, 3.05) is 5.32 Å². The number of halogens is 4. The van der Waals surface area contributed by atoms with E-state index in [2.05, 4.69) is 19.7 Å². The lowest BCUT2D eigenvalue weighted by Gasteiger charge is -2.08. The first-order chi connectivity index (χ1) is 11.8. The van der Waals surface area contributed by atoms with E-state index in [9.17, 15) is 22.4 Å². The van der Waals surface area contributed by atoms with Crippen LogP contribution in [0.4, 0.5) is 22.7 Å². The Bertz CT molecular complexity index is 908. The molecule has 0 unspecified atom stereocenters. The number of pyridine rings is 1. The van der Waals surface area contributed by atoms with Crippen molar-refractivity contribution < 1.29 is 22.4 Å². The average Bonchev–Trinajstić information content (AvgIpc) is 3.03. The van der Waals surface area contributed by atoms with Crippen LogP contribution in [0.3, 0.4) is 0 Å². The third-order valence-electron chi connectivity index (χ3n) is 3.06.